The summed E-state index contributed by atoms with van der Waals surface area (Å²) in [5, 5.41) is 14.2. The van der Waals surface area contributed by atoms with Crippen LogP contribution in [-0.2, 0) is 29.3 Å². The van der Waals surface area contributed by atoms with Crippen LogP contribution < -0.4 is 29.1 Å². The molecule has 210 valence electrons. The third-order valence-corrected chi connectivity index (χ3v) is 8.46. The number of nitrogens with one attached hydrogen (secondary N) is 1. The van der Waals surface area contributed by atoms with Gasteiger partial charge in [-0.05, 0) is 24.2 Å². The van der Waals surface area contributed by atoms with Crippen molar-refractivity contribution in [3.05, 3.63) is 57.9 Å². The number of nitrogens with zero attached hydrogens (tertiary/aromatic N) is 5. The van der Waals surface area contributed by atoms with Gasteiger partial charge in [-0.1, -0.05) is 35.3 Å². The average Bonchev–Trinajstić information content (AvgIpc) is 3.20. The molecule has 0 spiro atoms. The number of rotatable bonds is 18. The Labute approximate surface area is 247 Å². The van der Waals surface area contributed by atoms with Crippen molar-refractivity contribution in [1.82, 2.24) is 19.3 Å². The van der Waals surface area contributed by atoms with E-state index in [9.17, 15) is 14.7 Å². The lowest BCUT2D eigenvalue weighted by Gasteiger charge is -2.31. The van der Waals surface area contributed by atoms with Crippen molar-refractivity contribution in [2.75, 3.05) is 52.0 Å². The van der Waals surface area contributed by atoms with E-state index in [4.69, 9.17) is 27.7 Å². The van der Waals surface area contributed by atoms with Crippen LogP contribution in [0.5, 0.6) is 0 Å². The van der Waals surface area contributed by atoms with Gasteiger partial charge in [0.15, 0.2) is 0 Å². The summed E-state index contributed by atoms with van der Waals surface area (Å²) in [5.74, 6) is 0.220. The van der Waals surface area contributed by atoms with E-state index < -0.39 is 12.6 Å². The first-order valence-corrected chi connectivity index (χ1v) is 14.6. The first-order valence-electron chi connectivity index (χ1n) is 12.0. The molecule has 0 saturated heterocycles. The summed E-state index contributed by atoms with van der Waals surface area (Å²) >= 11 is 11.9. The van der Waals surface area contributed by atoms with Crippen LogP contribution in [0, 0.1) is 10.1 Å². The number of unbranched alkanes of at least 4 members (excludes halogenated alkanes) is 2. The molecule has 1 N–H and O–H groups in total. The lowest BCUT2D eigenvalue weighted by molar-refractivity contribution is -0.903. The molecular weight excluding hydrogens is 653 g/mol. The molecular formula is C23H38Cl2IN6O4P. The third kappa shape index (κ3) is 11.5. The first-order chi connectivity index (χ1) is 17.1. The smallest absolute Gasteiger partial charge is 0.434 e. The van der Waals surface area contributed by atoms with Crippen LogP contribution >= 0.6 is 30.9 Å². The van der Waals surface area contributed by atoms with Crippen LogP contribution in [0.4, 0.5) is 5.95 Å². The molecule has 0 aliphatic carbocycles. The van der Waals surface area contributed by atoms with Crippen molar-refractivity contribution in [2.24, 2.45) is 7.05 Å². The number of quaternary nitrogens is 1. The number of alkyl halides is 2. The number of hydrogen-bond acceptors (Lipinski definition) is 5. The van der Waals surface area contributed by atoms with Gasteiger partial charge in [0.05, 0.1) is 27.7 Å². The summed E-state index contributed by atoms with van der Waals surface area (Å²) in [6, 6.07) is 10.5. The summed E-state index contributed by atoms with van der Waals surface area (Å²) in [5.41, 5.74) is 1.76. The van der Waals surface area contributed by atoms with Crippen LogP contribution in [0.2, 0.25) is 0 Å². The minimum atomic E-state index is -3.49. The van der Waals surface area contributed by atoms with Gasteiger partial charge in [0, 0.05) is 37.0 Å². The molecule has 2 aromatic rings. The van der Waals surface area contributed by atoms with Crippen LogP contribution in [0.3, 0.4) is 0 Å². The molecule has 0 amide bonds. The Morgan fingerprint density at radius 1 is 1.16 bits per heavy atom. The standard InChI is InChI=1S/C23H38Cl2N6O4P.HI/c1-28-22(18-26-23(28)30(32)33)20-35-36(34,29(15-12-24)16-13-25)27-14-8-5-9-17-31(2,3)19-21-10-6-4-7-11-21;/h4,6-7,10-11,18H,5,8-9,12-17,19-20H2,1-3H3,(H,27,34);1H/q+1;/p-1. The number of nitro groups is 1. The molecule has 1 heterocycles. The van der Waals surface area contributed by atoms with Crippen LogP contribution in [0.15, 0.2) is 36.5 Å². The molecule has 0 radical (unpaired) electrons. The second kappa shape index (κ2) is 17.0. The van der Waals surface area contributed by atoms with Gasteiger partial charge in [0.2, 0.25) is 0 Å². The van der Waals surface area contributed by atoms with Gasteiger partial charge in [-0.25, -0.2) is 14.3 Å². The van der Waals surface area contributed by atoms with E-state index in [-0.39, 0.29) is 48.3 Å². The molecule has 0 saturated carbocycles. The highest BCUT2D eigenvalue weighted by Gasteiger charge is 2.32. The molecule has 0 aliphatic heterocycles. The van der Waals surface area contributed by atoms with Crippen molar-refractivity contribution in [2.45, 2.75) is 32.4 Å². The number of halogens is 3. The highest BCUT2D eigenvalue weighted by molar-refractivity contribution is 7.54. The van der Waals surface area contributed by atoms with E-state index >= 15 is 0 Å². The largest absolute Gasteiger partial charge is 1.00 e. The van der Waals surface area contributed by atoms with E-state index in [1.807, 2.05) is 6.07 Å². The topological polar surface area (TPSA) is 103 Å². The minimum absolute atomic E-state index is 0. The SMILES string of the molecule is Cn1c(COP(=O)(NCCCCC[N+](C)(C)Cc2ccccc2)N(CCCl)CCCl)cnc1[N+](=O)[O-].[I-]. The zero-order valence-corrected chi connectivity index (χ0v) is 26.3. The summed E-state index contributed by atoms with van der Waals surface area (Å²) in [6.07, 6.45) is 4.19. The van der Waals surface area contributed by atoms with Crippen molar-refractivity contribution in [1.29, 1.82) is 0 Å². The molecule has 1 atom stereocenters. The zero-order chi connectivity index (χ0) is 26.6. The predicted molar refractivity (Wildman–Crippen MR) is 144 cm³/mol. The van der Waals surface area contributed by atoms with Gasteiger partial charge in [0.25, 0.3) is 0 Å². The fourth-order valence-electron chi connectivity index (χ4n) is 3.91. The Bertz CT molecular complexity index is 993. The number of imidazole rings is 1. The Morgan fingerprint density at radius 3 is 2.38 bits per heavy atom. The van der Waals surface area contributed by atoms with Gasteiger partial charge < -0.3 is 38.6 Å². The maximum Gasteiger partial charge on any atom is 0.434 e. The molecule has 37 heavy (non-hydrogen) atoms. The summed E-state index contributed by atoms with van der Waals surface area (Å²) in [6.45, 7) is 3.06. The summed E-state index contributed by atoms with van der Waals surface area (Å²) in [4.78, 5) is 14.3. The Morgan fingerprint density at radius 2 is 1.81 bits per heavy atom. The van der Waals surface area contributed by atoms with Crippen molar-refractivity contribution in [3.63, 3.8) is 0 Å². The van der Waals surface area contributed by atoms with Gasteiger partial charge in [-0.2, -0.15) is 0 Å². The molecule has 0 fully saturated rings. The molecule has 2 rings (SSSR count). The second-order valence-electron chi connectivity index (χ2n) is 9.26. The van der Waals surface area contributed by atoms with Gasteiger partial charge in [0.1, 0.15) is 25.0 Å². The maximum atomic E-state index is 13.8. The van der Waals surface area contributed by atoms with E-state index in [0.29, 0.717) is 25.3 Å². The summed E-state index contributed by atoms with van der Waals surface area (Å²) in [7, 11) is 2.49. The lowest BCUT2D eigenvalue weighted by atomic mass is 10.1. The fourth-order valence-corrected chi connectivity index (χ4v) is 6.48. The molecule has 0 bridgehead atoms. The number of aromatic nitrogens is 2. The third-order valence-electron chi connectivity index (χ3n) is 5.87. The highest BCUT2D eigenvalue weighted by atomic mass is 127. The van der Waals surface area contributed by atoms with Gasteiger partial charge in [-0.3, -0.25) is 9.09 Å². The summed E-state index contributed by atoms with van der Waals surface area (Å²) < 4.78 is 23.5. The van der Waals surface area contributed by atoms with Crippen molar-refractivity contribution < 1.29 is 42.5 Å². The Hall–Kier alpha value is -0.790. The van der Waals surface area contributed by atoms with Crippen LogP contribution in [0.25, 0.3) is 0 Å². The number of hydrogen-bond donors (Lipinski definition) is 1. The quantitative estimate of drug-likeness (QED) is 0.0484. The van der Waals surface area contributed by atoms with Gasteiger partial charge >= 0.3 is 13.6 Å². The maximum absolute atomic E-state index is 13.8. The van der Waals surface area contributed by atoms with Gasteiger partial charge in [-0.15, -0.1) is 23.2 Å². The Kier molecular flexibility index (Phi) is 15.7. The highest BCUT2D eigenvalue weighted by Crippen LogP contribution is 2.47. The van der Waals surface area contributed by atoms with E-state index in [2.05, 4.69) is 48.4 Å². The van der Waals surface area contributed by atoms with E-state index in [1.54, 1.807) is 4.67 Å². The molecule has 1 aromatic heterocycles. The zero-order valence-electron chi connectivity index (χ0n) is 21.7. The normalized spacial score (nSPS) is 13.4. The fraction of sp³-hybridized carbons (Fsp3) is 0.609. The molecule has 1 aromatic carbocycles. The van der Waals surface area contributed by atoms with Crippen molar-refractivity contribution in [3.8, 4) is 0 Å². The van der Waals surface area contributed by atoms with E-state index in [0.717, 1.165) is 36.8 Å². The monoisotopic (exact) mass is 690 g/mol. The second-order valence-corrected chi connectivity index (χ2v) is 12.2. The molecule has 14 heteroatoms. The molecule has 1 unspecified atom stereocenters. The van der Waals surface area contributed by atoms with Crippen LogP contribution in [0.1, 0.15) is 30.5 Å². The Balaban J connectivity index is 0.00000684. The average molecular weight is 691 g/mol. The lowest BCUT2D eigenvalue weighted by Crippen LogP contribution is -3.00. The van der Waals surface area contributed by atoms with Crippen molar-refractivity contribution >= 4 is 36.8 Å². The molecule has 0 aliphatic rings. The number of benzene rings is 1. The van der Waals surface area contributed by atoms with Crippen LogP contribution in [-0.4, -0.2) is 75.7 Å². The predicted octanol–water partition coefficient (Wildman–Crippen LogP) is 1.77. The minimum Gasteiger partial charge on any atom is -1.00 e. The molecule has 10 nitrogen and oxygen atoms in total. The van der Waals surface area contributed by atoms with E-state index in [1.165, 1.54) is 23.4 Å². The first kappa shape index (κ1) is 34.2.